The molecular formula is C23H34N2O6S. The highest BCUT2D eigenvalue weighted by atomic mass is 32.2. The zero-order chi connectivity index (χ0) is 23.0. The van der Waals surface area contributed by atoms with E-state index in [1.165, 1.54) is 67.6 Å². The van der Waals surface area contributed by atoms with Gasteiger partial charge in [0, 0.05) is 25.2 Å². The Hall–Kier alpha value is -1.97. The van der Waals surface area contributed by atoms with Crippen LogP contribution in [0.2, 0.25) is 0 Å². The summed E-state index contributed by atoms with van der Waals surface area (Å²) in [7, 11) is -3.59. The number of carbonyl (C=O) groups excluding carboxylic acids is 2. The fraction of sp³-hybridized carbons (Fsp3) is 0.652. The molecular weight excluding hydrogens is 432 g/mol. The summed E-state index contributed by atoms with van der Waals surface area (Å²) >= 11 is 0. The Bertz CT molecular complexity index is 859. The first-order valence-corrected chi connectivity index (χ1v) is 13.0. The lowest BCUT2D eigenvalue weighted by Crippen LogP contribution is -2.40. The second-order valence-corrected chi connectivity index (χ2v) is 10.5. The van der Waals surface area contributed by atoms with Crippen LogP contribution in [0.3, 0.4) is 0 Å². The number of anilines is 1. The van der Waals surface area contributed by atoms with Gasteiger partial charge in [-0.1, -0.05) is 32.1 Å². The Morgan fingerprint density at radius 3 is 2.44 bits per heavy atom. The maximum Gasteiger partial charge on any atom is 0.306 e. The molecule has 2 fully saturated rings. The molecule has 1 amide bonds. The number of benzene rings is 1. The lowest BCUT2D eigenvalue weighted by atomic mass is 9.86. The summed E-state index contributed by atoms with van der Waals surface area (Å²) in [5.41, 5.74) is 0.441. The number of morpholine rings is 1. The molecule has 1 unspecified atom stereocenters. The molecule has 9 heteroatoms. The molecule has 1 aliphatic heterocycles. The summed E-state index contributed by atoms with van der Waals surface area (Å²) in [6.07, 6.45) is 7.61. The molecule has 1 aromatic carbocycles. The van der Waals surface area contributed by atoms with Crippen molar-refractivity contribution in [3.63, 3.8) is 0 Å². The molecule has 3 rings (SSSR count). The number of amides is 1. The van der Waals surface area contributed by atoms with Crippen molar-refractivity contribution in [3.8, 4) is 0 Å². The van der Waals surface area contributed by atoms with E-state index >= 15 is 0 Å². The van der Waals surface area contributed by atoms with Crippen LogP contribution in [0.25, 0.3) is 0 Å². The van der Waals surface area contributed by atoms with E-state index in [-0.39, 0.29) is 10.9 Å². The Kier molecular flexibility index (Phi) is 9.07. The Balaban J connectivity index is 1.43. The van der Waals surface area contributed by atoms with Crippen LogP contribution < -0.4 is 5.32 Å². The molecule has 178 valence electrons. The Morgan fingerprint density at radius 1 is 1.12 bits per heavy atom. The first-order valence-electron chi connectivity index (χ1n) is 11.5. The minimum atomic E-state index is -3.59. The van der Waals surface area contributed by atoms with E-state index in [0.29, 0.717) is 44.3 Å². The molecule has 1 heterocycles. The zero-order valence-electron chi connectivity index (χ0n) is 18.8. The average Bonchev–Trinajstić information content (AvgIpc) is 2.80. The Morgan fingerprint density at radius 2 is 1.78 bits per heavy atom. The summed E-state index contributed by atoms with van der Waals surface area (Å²) < 4.78 is 37.2. The van der Waals surface area contributed by atoms with Crippen LogP contribution in [-0.2, 0) is 29.1 Å². The van der Waals surface area contributed by atoms with Crippen molar-refractivity contribution in [1.82, 2.24) is 4.31 Å². The van der Waals surface area contributed by atoms with Gasteiger partial charge in [0.05, 0.1) is 18.1 Å². The SMILES string of the molecule is CC(OC(=O)CCCC1CCCCC1)C(=O)Nc1ccc(S(=O)(=O)N2CCOCC2)cc1. The largest absolute Gasteiger partial charge is 0.453 e. The predicted octanol–water partition coefficient (Wildman–Crippen LogP) is 3.33. The highest BCUT2D eigenvalue weighted by Gasteiger charge is 2.26. The highest BCUT2D eigenvalue weighted by Crippen LogP contribution is 2.27. The third-order valence-corrected chi connectivity index (χ3v) is 8.04. The lowest BCUT2D eigenvalue weighted by molar-refractivity contribution is -0.153. The number of nitrogens with one attached hydrogen (secondary N) is 1. The molecule has 1 aliphatic carbocycles. The molecule has 0 bridgehead atoms. The standard InChI is InChI=1S/C23H34N2O6S/c1-18(31-22(26)9-5-8-19-6-3-2-4-7-19)23(27)24-20-10-12-21(13-11-20)32(28,29)25-14-16-30-17-15-25/h10-13,18-19H,2-9,14-17H2,1H3,(H,24,27). The van der Waals surface area contributed by atoms with Gasteiger partial charge >= 0.3 is 5.97 Å². The van der Waals surface area contributed by atoms with Crippen molar-refractivity contribution in [2.24, 2.45) is 5.92 Å². The van der Waals surface area contributed by atoms with Gasteiger partial charge in [-0.15, -0.1) is 0 Å². The molecule has 1 saturated heterocycles. The van der Waals surface area contributed by atoms with Crippen LogP contribution in [0.5, 0.6) is 0 Å². The van der Waals surface area contributed by atoms with Crippen LogP contribution in [0.1, 0.15) is 58.3 Å². The van der Waals surface area contributed by atoms with E-state index in [2.05, 4.69) is 5.32 Å². The molecule has 1 saturated carbocycles. The van der Waals surface area contributed by atoms with E-state index in [1.54, 1.807) is 0 Å². The zero-order valence-corrected chi connectivity index (χ0v) is 19.6. The minimum absolute atomic E-state index is 0.162. The van der Waals surface area contributed by atoms with Gasteiger partial charge in [0.2, 0.25) is 10.0 Å². The molecule has 32 heavy (non-hydrogen) atoms. The van der Waals surface area contributed by atoms with Crippen LogP contribution in [0.4, 0.5) is 5.69 Å². The summed E-state index contributed by atoms with van der Waals surface area (Å²) in [4.78, 5) is 24.6. The summed E-state index contributed by atoms with van der Waals surface area (Å²) in [5.74, 6) is -0.0999. The van der Waals surface area contributed by atoms with E-state index in [4.69, 9.17) is 9.47 Å². The van der Waals surface area contributed by atoms with Gasteiger partial charge in [-0.25, -0.2) is 8.42 Å². The molecule has 0 spiro atoms. The number of hydrogen-bond acceptors (Lipinski definition) is 6. The Labute approximate surface area is 190 Å². The topological polar surface area (TPSA) is 102 Å². The van der Waals surface area contributed by atoms with Gasteiger partial charge in [0.25, 0.3) is 5.91 Å². The van der Waals surface area contributed by atoms with Crippen LogP contribution in [-0.4, -0.2) is 57.0 Å². The number of sulfonamides is 1. The second-order valence-electron chi connectivity index (χ2n) is 8.56. The predicted molar refractivity (Wildman–Crippen MR) is 121 cm³/mol. The van der Waals surface area contributed by atoms with Gasteiger partial charge in [-0.05, 0) is 49.9 Å². The molecule has 1 aromatic rings. The van der Waals surface area contributed by atoms with Gasteiger partial charge in [-0.3, -0.25) is 9.59 Å². The van der Waals surface area contributed by atoms with Crippen molar-refractivity contribution in [1.29, 1.82) is 0 Å². The van der Waals surface area contributed by atoms with Crippen molar-refractivity contribution in [2.45, 2.75) is 69.3 Å². The number of nitrogens with zero attached hydrogens (tertiary/aromatic N) is 1. The monoisotopic (exact) mass is 466 g/mol. The molecule has 2 aliphatic rings. The molecule has 0 aromatic heterocycles. The van der Waals surface area contributed by atoms with Crippen LogP contribution >= 0.6 is 0 Å². The fourth-order valence-corrected chi connectivity index (χ4v) is 5.62. The first-order chi connectivity index (χ1) is 15.4. The van der Waals surface area contributed by atoms with E-state index < -0.39 is 22.0 Å². The van der Waals surface area contributed by atoms with Gasteiger partial charge in [0.1, 0.15) is 0 Å². The number of rotatable bonds is 9. The lowest BCUT2D eigenvalue weighted by Gasteiger charge is -2.26. The second kappa shape index (κ2) is 11.8. The van der Waals surface area contributed by atoms with Gasteiger partial charge in [-0.2, -0.15) is 4.31 Å². The van der Waals surface area contributed by atoms with E-state index in [9.17, 15) is 18.0 Å². The smallest absolute Gasteiger partial charge is 0.306 e. The number of ether oxygens (including phenoxy) is 2. The number of carbonyl (C=O) groups is 2. The van der Waals surface area contributed by atoms with Crippen molar-refractivity contribution < 1.29 is 27.5 Å². The molecule has 1 N–H and O–H groups in total. The van der Waals surface area contributed by atoms with Crippen LogP contribution in [0, 0.1) is 5.92 Å². The highest BCUT2D eigenvalue weighted by molar-refractivity contribution is 7.89. The quantitative estimate of drug-likeness (QED) is 0.560. The van der Waals surface area contributed by atoms with Gasteiger partial charge in [0.15, 0.2) is 6.10 Å². The van der Waals surface area contributed by atoms with Crippen molar-refractivity contribution in [2.75, 3.05) is 31.6 Å². The maximum absolute atomic E-state index is 12.7. The molecule has 8 nitrogen and oxygen atoms in total. The van der Waals surface area contributed by atoms with Crippen molar-refractivity contribution >= 4 is 27.6 Å². The first kappa shape index (κ1) is 24.7. The third kappa shape index (κ3) is 7.02. The summed E-state index contributed by atoms with van der Waals surface area (Å²) in [5, 5.41) is 2.67. The van der Waals surface area contributed by atoms with E-state index in [0.717, 1.165) is 12.8 Å². The van der Waals surface area contributed by atoms with E-state index in [1.807, 2.05) is 0 Å². The molecule has 1 atom stereocenters. The number of hydrogen-bond donors (Lipinski definition) is 1. The number of esters is 1. The average molecular weight is 467 g/mol. The maximum atomic E-state index is 12.7. The molecule has 0 radical (unpaired) electrons. The summed E-state index contributed by atoms with van der Waals surface area (Å²) in [6.45, 7) is 2.94. The van der Waals surface area contributed by atoms with Crippen molar-refractivity contribution in [3.05, 3.63) is 24.3 Å². The third-order valence-electron chi connectivity index (χ3n) is 6.13. The fourth-order valence-electron chi connectivity index (χ4n) is 4.21. The minimum Gasteiger partial charge on any atom is -0.453 e. The summed E-state index contributed by atoms with van der Waals surface area (Å²) in [6, 6.07) is 5.98. The normalized spacial score (nSPS) is 19.3. The van der Waals surface area contributed by atoms with Crippen LogP contribution in [0.15, 0.2) is 29.2 Å². The van der Waals surface area contributed by atoms with Gasteiger partial charge < -0.3 is 14.8 Å².